The van der Waals surface area contributed by atoms with Crippen molar-refractivity contribution in [2.75, 3.05) is 0 Å². The molecule has 0 spiro atoms. The normalized spacial score (nSPS) is 11.3. The fourth-order valence-corrected chi connectivity index (χ4v) is 3.91. The molecule has 0 unspecified atom stereocenters. The van der Waals surface area contributed by atoms with Gasteiger partial charge in [-0.3, -0.25) is 4.79 Å². The van der Waals surface area contributed by atoms with Crippen LogP contribution < -0.4 is 5.43 Å². The molecule has 2 N–H and O–H groups in total. The zero-order chi connectivity index (χ0) is 21.5. The van der Waals surface area contributed by atoms with Crippen molar-refractivity contribution in [2.45, 2.75) is 68.4 Å². The van der Waals surface area contributed by atoms with Crippen LogP contribution in [-0.4, -0.2) is 26.3 Å². The summed E-state index contributed by atoms with van der Waals surface area (Å²) in [5.41, 5.74) is -0.840. The molecule has 2 heterocycles. The Bertz CT molecular complexity index is 1080. The smallest absolute Gasteiger partial charge is 0.341 e. The summed E-state index contributed by atoms with van der Waals surface area (Å²) in [6.07, 6.45) is 10.1. The van der Waals surface area contributed by atoms with Crippen LogP contribution in [0.2, 0.25) is 0 Å². The molecule has 2 aromatic heterocycles. The molecule has 0 saturated heterocycles. The second-order valence-electron chi connectivity index (χ2n) is 7.10. The Balaban J connectivity index is 1.63. The summed E-state index contributed by atoms with van der Waals surface area (Å²) in [7, 11) is 0. The molecule has 160 valence electrons. The summed E-state index contributed by atoms with van der Waals surface area (Å²) in [5.74, 6) is -1.50. The summed E-state index contributed by atoms with van der Waals surface area (Å²) in [4.78, 5) is 26.2. The van der Waals surface area contributed by atoms with Crippen molar-refractivity contribution in [3.8, 4) is 0 Å². The Morgan fingerprint density at radius 2 is 1.90 bits per heavy atom. The van der Waals surface area contributed by atoms with Gasteiger partial charge in [0.1, 0.15) is 11.4 Å². The third kappa shape index (κ3) is 5.47. The minimum atomic E-state index is -1.36. The average molecular weight is 434 g/mol. The predicted octanol–water partition coefficient (Wildman–Crippen LogP) is 5.19. The minimum Gasteiger partial charge on any atom is -0.477 e. The number of halogens is 1. The lowest BCUT2D eigenvalue weighted by molar-refractivity contribution is 0.0695. The van der Waals surface area contributed by atoms with Crippen LogP contribution in [0.5, 0.6) is 0 Å². The van der Waals surface area contributed by atoms with Gasteiger partial charge < -0.3 is 14.5 Å². The van der Waals surface area contributed by atoms with E-state index in [4.69, 9.17) is 9.52 Å². The Kier molecular flexibility index (Phi) is 7.62. The van der Waals surface area contributed by atoms with Crippen molar-refractivity contribution in [2.24, 2.45) is 0 Å². The Labute approximate surface area is 177 Å². The van der Waals surface area contributed by atoms with Crippen LogP contribution in [0.4, 0.5) is 4.39 Å². The number of aromatic carboxylic acids is 1. The molecule has 0 fully saturated rings. The standard InChI is InChI=1S/C21H24FN3O4S/c1-2-3-4-5-6-7-8-9-18-24-25-21(29-18)30-17-11-16-13(10-15(17)22)19(26)14(12-23-16)20(27)28/h10-12H,2-9H2,1H3,(H,23,26)(H,27,28). The van der Waals surface area contributed by atoms with Gasteiger partial charge in [-0.2, -0.15) is 0 Å². The predicted molar refractivity (Wildman–Crippen MR) is 112 cm³/mol. The number of pyridine rings is 1. The van der Waals surface area contributed by atoms with Gasteiger partial charge in [0.2, 0.25) is 11.3 Å². The number of hydrogen-bond donors (Lipinski definition) is 2. The number of nitrogens with zero attached hydrogens (tertiary/aromatic N) is 2. The number of hydrogen-bond acceptors (Lipinski definition) is 6. The van der Waals surface area contributed by atoms with E-state index in [-0.39, 0.29) is 15.5 Å². The van der Waals surface area contributed by atoms with E-state index < -0.39 is 22.8 Å². The van der Waals surface area contributed by atoms with Gasteiger partial charge in [0.05, 0.1) is 10.4 Å². The van der Waals surface area contributed by atoms with E-state index in [2.05, 4.69) is 22.1 Å². The first-order chi connectivity index (χ1) is 14.5. The van der Waals surface area contributed by atoms with Gasteiger partial charge in [0.15, 0.2) is 0 Å². The molecule has 0 aliphatic carbocycles. The first-order valence-electron chi connectivity index (χ1n) is 10.1. The molecule has 7 nitrogen and oxygen atoms in total. The number of carboxylic acid groups (broad SMARTS) is 1. The highest BCUT2D eigenvalue weighted by atomic mass is 32.2. The molecule has 0 radical (unpaired) electrons. The molecule has 3 aromatic rings. The van der Waals surface area contributed by atoms with Crippen LogP contribution >= 0.6 is 11.8 Å². The van der Waals surface area contributed by atoms with E-state index in [1.807, 2.05) is 0 Å². The van der Waals surface area contributed by atoms with Gasteiger partial charge >= 0.3 is 5.97 Å². The van der Waals surface area contributed by atoms with E-state index in [1.165, 1.54) is 38.2 Å². The fourth-order valence-electron chi connectivity index (χ4n) is 3.17. The second-order valence-corrected chi connectivity index (χ2v) is 8.09. The Morgan fingerprint density at radius 1 is 1.17 bits per heavy atom. The number of unbranched alkanes of at least 4 members (excludes halogenated alkanes) is 6. The van der Waals surface area contributed by atoms with Crippen molar-refractivity contribution in [3.05, 3.63) is 45.8 Å². The average Bonchev–Trinajstić information content (AvgIpc) is 3.16. The second kappa shape index (κ2) is 10.4. The number of nitrogens with one attached hydrogen (secondary N) is 1. The molecular formula is C21H24FN3O4S. The highest BCUT2D eigenvalue weighted by Gasteiger charge is 2.16. The summed E-state index contributed by atoms with van der Waals surface area (Å²) < 4.78 is 20.1. The molecular weight excluding hydrogens is 409 g/mol. The number of carbonyl (C=O) groups is 1. The number of benzene rings is 1. The molecule has 3 rings (SSSR count). The molecule has 0 aliphatic rings. The van der Waals surface area contributed by atoms with Crippen molar-refractivity contribution in [1.29, 1.82) is 0 Å². The summed E-state index contributed by atoms with van der Waals surface area (Å²) in [6.45, 7) is 2.20. The van der Waals surface area contributed by atoms with Gasteiger partial charge in [-0.15, -0.1) is 10.2 Å². The molecule has 0 saturated carbocycles. The van der Waals surface area contributed by atoms with E-state index in [1.54, 1.807) is 0 Å². The number of fused-ring (bicyclic) bond motifs is 1. The monoisotopic (exact) mass is 433 g/mol. The molecule has 0 aliphatic heterocycles. The zero-order valence-corrected chi connectivity index (χ0v) is 17.6. The van der Waals surface area contributed by atoms with Crippen molar-refractivity contribution in [3.63, 3.8) is 0 Å². The summed E-state index contributed by atoms with van der Waals surface area (Å²) in [6, 6.07) is 2.46. The molecule has 0 atom stereocenters. The Hall–Kier alpha value is -2.68. The lowest BCUT2D eigenvalue weighted by Crippen LogP contribution is -2.15. The number of aromatic amines is 1. The maximum atomic E-state index is 14.5. The summed E-state index contributed by atoms with van der Waals surface area (Å²) in [5, 5.41) is 17.2. The third-order valence-corrected chi connectivity index (χ3v) is 5.68. The van der Waals surface area contributed by atoms with Crippen LogP contribution in [0.25, 0.3) is 10.9 Å². The first-order valence-corrected chi connectivity index (χ1v) is 10.9. The lowest BCUT2D eigenvalue weighted by atomic mass is 10.1. The van der Waals surface area contributed by atoms with Crippen LogP contribution in [0.1, 0.15) is 68.1 Å². The number of H-pyrrole nitrogens is 1. The number of aryl methyl sites for hydroxylation is 1. The van der Waals surface area contributed by atoms with Crippen molar-refractivity contribution < 1.29 is 18.7 Å². The van der Waals surface area contributed by atoms with Gasteiger partial charge in [0, 0.05) is 18.0 Å². The number of aromatic nitrogens is 3. The quantitative estimate of drug-likeness (QED) is 0.400. The van der Waals surface area contributed by atoms with E-state index in [9.17, 15) is 14.0 Å². The van der Waals surface area contributed by atoms with E-state index in [0.29, 0.717) is 17.8 Å². The van der Waals surface area contributed by atoms with E-state index >= 15 is 0 Å². The fraction of sp³-hybridized carbons (Fsp3) is 0.429. The highest BCUT2D eigenvalue weighted by Crippen LogP contribution is 2.31. The number of carboxylic acids is 1. The van der Waals surface area contributed by atoms with Gasteiger partial charge in [-0.1, -0.05) is 45.4 Å². The van der Waals surface area contributed by atoms with Crippen molar-refractivity contribution in [1.82, 2.24) is 15.2 Å². The van der Waals surface area contributed by atoms with Gasteiger partial charge in [-0.25, -0.2) is 9.18 Å². The topological polar surface area (TPSA) is 109 Å². The van der Waals surface area contributed by atoms with Gasteiger partial charge in [-0.05, 0) is 30.3 Å². The largest absolute Gasteiger partial charge is 0.477 e. The molecule has 9 heteroatoms. The molecule has 0 amide bonds. The van der Waals surface area contributed by atoms with Gasteiger partial charge in [0.25, 0.3) is 5.22 Å². The maximum absolute atomic E-state index is 14.5. The lowest BCUT2D eigenvalue weighted by Gasteiger charge is -2.04. The highest BCUT2D eigenvalue weighted by molar-refractivity contribution is 7.99. The van der Waals surface area contributed by atoms with Crippen molar-refractivity contribution >= 4 is 28.6 Å². The van der Waals surface area contributed by atoms with E-state index in [0.717, 1.165) is 36.9 Å². The van der Waals surface area contributed by atoms with Crippen LogP contribution in [0, 0.1) is 5.82 Å². The van der Waals surface area contributed by atoms with Crippen LogP contribution in [-0.2, 0) is 6.42 Å². The number of rotatable bonds is 11. The third-order valence-electron chi connectivity index (χ3n) is 4.80. The van der Waals surface area contributed by atoms with Crippen LogP contribution in [0.15, 0.2) is 37.7 Å². The summed E-state index contributed by atoms with van der Waals surface area (Å²) >= 11 is 0.965. The van der Waals surface area contributed by atoms with Crippen LogP contribution in [0.3, 0.4) is 0 Å². The molecule has 1 aromatic carbocycles. The molecule has 30 heavy (non-hydrogen) atoms. The maximum Gasteiger partial charge on any atom is 0.341 e. The Morgan fingerprint density at radius 3 is 2.63 bits per heavy atom. The zero-order valence-electron chi connectivity index (χ0n) is 16.7. The molecule has 0 bridgehead atoms. The first kappa shape index (κ1) is 22.0. The SMILES string of the molecule is CCCCCCCCCc1nnc(Sc2cc3[nH]cc(C(=O)O)c(=O)c3cc2F)o1. The minimum absolute atomic E-state index is 0.0260.